The van der Waals surface area contributed by atoms with E-state index in [2.05, 4.69) is 24.3 Å². The lowest BCUT2D eigenvalue weighted by molar-refractivity contribution is 0.112. The van der Waals surface area contributed by atoms with E-state index in [1.54, 1.807) is 0 Å². The van der Waals surface area contributed by atoms with Crippen LogP contribution in [0.25, 0.3) is 10.8 Å². The Balaban J connectivity index is 2.18. The average molecular weight is 278 g/mol. The van der Waals surface area contributed by atoms with Gasteiger partial charge >= 0.3 is 0 Å². The molecule has 0 bridgehead atoms. The van der Waals surface area contributed by atoms with E-state index in [1.807, 2.05) is 42.5 Å². The first-order valence-electron chi connectivity index (χ1n) is 6.51. The second-order valence-electron chi connectivity index (χ2n) is 4.72. The number of hydrogen-bond acceptors (Lipinski definition) is 2. The van der Waals surface area contributed by atoms with Crippen LogP contribution in [-0.2, 0) is 0 Å². The minimum atomic E-state index is -0.109. The first kappa shape index (κ1) is 12.9. The van der Waals surface area contributed by atoms with E-state index >= 15 is 0 Å². The third-order valence-electron chi connectivity index (χ3n) is 3.54. The summed E-state index contributed by atoms with van der Waals surface area (Å²) < 4.78 is 0. The Morgan fingerprint density at radius 3 is 2.30 bits per heavy atom. The molecule has 20 heavy (non-hydrogen) atoms. The lowest BCUT2D eigenvalue weighted by Crippen LogP contribution is -1.99. The zero-order valence-corrected chi connectivity index (χ0v) is 11.8. The maximum absolute atomic E-state index is 11.2. The highest BCUT2D eigenvalue weighted by Gasteiger charge is 2.15. The number of carbonyl (C=O) groups excluding carboxylic acids is 1. The topological polar surface area (TPSA) is 17.1 Å². The molecule has 1 unspecified atom stereocenters. The highest BCUT2D eigenvalue weighted by atomic mass is 32.1. The van der Waals surface area contributed by atoms with E-state index in [1.165, 1.54) is 10.8 Å². The quantitative estimate of drug-likeness (QED) is 0.544. The Labute approximate surface area is 123 Å². The summed E-state index contributed by atoms with van der Waals surface area (Å²) in [5, 5.41) is 2.26. The first-order chi connectivity index (χ1) is 9.81. The van der Waals surface area contributed by atoms with Gasteiger partial charge in [-0.3, -0.25) is 4.79 Å². The van der Waals surface area contributed by atoms with Gasteiger partial charge in [-0.1, -0.05) is 66.7 Å². The van der Waals surface area contributed by atoms with Gasteiger partial charge in [0.1, 0.15) is 6.29 Å². The molecule has 0 amide bonds. The lowest BCUT2D eigenvalue weighted by Gasteiger charge is -2.16. The summed E-state index contributed by atoms with van der Waals surface area (Å²) in [4.78, 5) is 11.2. The number of rotatable bonds is 3. The zero-order chi connectivity index (χ0) is 13.9. The van der Waals surface area contributed by atoms with Gasteiger partial charge in [0.15, 0.2) is 0 Å². The smallest absolute Gasteiger partial charge is 0.150 e. The first-order valence-corrected chi connectivity index (χ1v) is 7.03. The van der Waals surface area contributed by atoms with E-state index in [9.17, 15) is 4.79 Å². The standard InChI is InChI=1S/C18H14OS/c19-12-14-7-2-4-10-16(14)18(20)17-11-5-8-13-6-1-3-9-15(13)17/h1-12,18,20H. The van der Waals surface area contributed by atoms with Crippen LogP contribution in [-0.4, -0.2) is 6.29 Å². The van der Waals surface area contributed by atoms with Gasteiger partial charge in [0.2, 0.25) is 0 Å². The van der Waals surface area contributed by atoms with E-state index in [0.29, 0.717) is 5.56 Å². The summed E-state index contributed by atoms with van der Waals surface area (Å²) in [7, 11) is 0. The van der Waals surface area contributed by atoms with Crippen molar-refractivity contribution in [1.29, 1.82) is 0 Å². The van der Waals surface area contributed by atoms with Crippen LogP contribution in [0.15, 0.2) is 66.7 Å². The number of aldehydes is 1. The molecule has 0 saturated heterocycles. The highest BCUT2D eigenvalue weighted by molar-refractivity contribution is 7.80. The molecule has 0 saturated carbocycles. The molecular formula is C18H14OS. The van der Waals surface area contributed by atoms with Crippen molar-refractivity contribution in [2.45, 2.75) is 5.25 Å². The van der Waals surface area contributed by atoms with E-state index in [4.69, 9.17) is 12.6 Å². The van der Waals surface area contributed by atoms with Crippen molar-refractivity contribution in [2.75, 3.05) is 0 Å². The van der Waals surface area contributed by atoms with E-state index < -0.39 is 0 Å². The Bertz CT molecular complexity index is 759. The highest BCUT2D eigenvalue weighted by Crippen LogP contribution is 2.34. The molecule has 0 aliphatic rings. The molecule has 0 aliphatic heterocycles. The van der Waals surface area contributed by atoms with Crippen molar-refractivity contribution >= 4 is 29.7 Å². The Morgan fingerprint density at radius 2 is 1.45 bits per heavy atom. The van der Waals surface area contributed by atoms with Crippen LogP contribution in [0.2, 0.25) is 0 Å². The molecule has 0 N–H and O–H groups in total. The van der Waals surface area contributed by atoms with Crippen molar-refractivity contribution in [3.05, 3.63) is 83.4 Å². The molecule has 2 heteroatoms. The number of thiol groups is 1. The van der Waals surface area contributed by atoms with Crippen LogP contribution in [0.3, 0.4) is 0 Å². The van der Waals surface area contributed by atoms with Gasteiger partial charge in [0.05, 0.1) is 5.25 Å². The summed E-state index contributed by atoms with van der Waals surface area (Å²) in [6.07, 6.45) is 0.893. The minimum Gasteiger partial charge on any atom is -0.298 e. The predicted octanol–water partition coefficient (Wildman–Crippen LogP) is 4.67. The van der Waals surface area contributed by atoms with Gasteiger partial charge in [-0.15, -0.1) is 0 Å². The Morgan fingerprint density at radius 1 is 0.800 bits per heavy atom. The molecule has 0 spiro atoms. The molecule has 3 rings (SSSR count). The molecule has 1 atom stereocenters. The maximum atomic E-state index is 11.2. The second-order valence-corrected chi connectivity index (χ2v) is 5.23. The van der Waals surface area contributed by atoms with Crippen LogP contribution in [0.4, 0.5) is 0 Å². The zero-order valence-electron chi connectivity index (χ0n) is 10.9. The van der Waals surface area contributed by atoms with Crippen LogP contribution >= 0.6 is 12.6 Å². The molecule has 0 fully saturated rings. The van der Waals surface area contributed by atoms with Crippen LogP contribution in [0.5, 0.6) is 0 Å². The SMILES string of the molecule is O=Cc1ccccc1C(S)c1cccc2ccccc12. The van der Waals surface area contributed by atoms with Gasteiger partial charge in [0.25, 0.3) is 0 Å². The second kappa shape index (κ2) is 5.51. The normalized spacial score (nSPS) is 12.2. The van der Waals surface area contributed by atoms with Crippen molar-refractivity contribution in [3.63, 3.8) is 0 Å². The molecule has 3 aromatic carbocycles. The number of carbonyl (C=O) groups is 1. The van der Waals surface area contributed by atoms with Crippen molar-refractivity contribution in [2.24, 2.45) is 0 Å². The molecular weight excluding hydrogens is 264 g/mol. The van der Waals surface area contributed by atoms with Crippen molar-refractivity contribution in [1.82, 2.24) is 0 Å². The largest absolute Gasteiger partial charge is 0.298 e. The molecule has 3 aromatic rings. The Hall–Kier alpha value is -2.06. The summed E-state index contributed by atoms with van der Waals surface area (Å²) in [5.74, 6) is 0. The van der Waals surface area contributed by atoms with E-state index in [0.717, 1.165) is 17.4 Å². The van der Waals surface area contributed by atoms with Crippen LogP contribution in [0.1, 0.15) is 26.7 Å². The summed E-state index contributed by atoms with van der Waals surface area (Å²) in [5.41, 5.74) is 2.77. The lowest BCUT2D eigenvalue weighted by atomic mass is 9.95. The number of benzene rings is 3. The van der Waals surface area contributed by atoms with E-state index in [-0.39, 0.29) is 5.25 Å². The van der Waals surface area contributed by atoms with Crippen molar-refractivity contribution in [3.8, 4) is 0 Å². The summed E-state index contributed by atoms with van der Waals surface area (Å²) >= 11 is 4.75. The fourth-order valence-electron chi connectivity index (χ4n) is 2.52. The van der Waals surface area contributed by atoms with Gasteiger partial charge in [0, 0.05) is 5.56 Å². The molecule has 0 radical (unpaired) electrons. The summed E-state index contributed by atoms with van der Waals surface area (Å²) in [6, 6.07) is 22.0. The number of fused-ring (bicyclic) bond motifs is 1. The fourth-order valence-corrected chi connectivity index (χ4v) is 2.98. The third-order valence-corrected chi connectivity index (χ3v) is 4.09. The van der Waals surface area contributed by atoms with Crippen LogP contribution in [0, 0.1) is 0 Å². The monoisotopic (exact) mass is 278 g/mol. The number of hydrogen-bond donors (Lipinski definition) is 1. The summed E-state index contributed by atoms with van der Waals surface area (Å²) in [6.45, 7) is 0. The van der Waals surface area contributed by atoms with Gasteiger partial charge < -0.3 is 0 Å². The molecule has 1 nitrogen and oxygen atoms in total. The van der Waals surface area contributed by atoms with Gasteiger partial charge in [-0.05, 0) is 21.9 Å². The molecule has 0 aliphatic carbocycles. The molecule has 0 aromatic heterocycles. The van der Waals surface area contributed by atoms with Gasteiger partial charge in [-0.2, -0.15) is 12.6 Å². The predicted molar refractivity (Wildman–Crippen MR) is 86.6 cm³/mol. The van der Waals surface area contributed by atoms with Crippen molar-refractivity contribution < 1.29 is 4.79 Å². The fraction of sp³-hybridized carbons (Fsp3) is 0.0556. The van der Waals surface area contributed by atoms with Gasteiger partial charge in [-0.25, -0.2) is 0 Å². The molecule has 0 heterocycles. The minimum absolute atomic E-state index is 0.109. The average Bonchev–Trinajstić information content (AvgIpc) is 2.53. The maximum Gasteiger partial charge on any atom is 0.150 e. The third kappa shape index (κ3) is 2.23. The Kier molecular flexibility index (Phi) is 3.57. The molecule has 98 valence electrons. The van der Waals surface area contributed by atoms with Crippen LogP contribution < -0.4 is 0 Å².